The topological polar surface area (TPSA) is 32.3 Å². The van der Waals surface area contributed by atoms with Crippen LogP contribution < -0.4 is 5.32 Å². The molecule has 1 saturated heterocycles. The first-order valence-electron chi connectivity index (χ1n) is 8.27. The molecule has 2 saturated carbocycles. The number of carbonyl (C=O) groups is 1. The first-order chi connectivity index (χ1) is 9.24. The SMILES string of the molecule is CCC1(CN2C(=O)CNC2C2CCCC2)CCCC1. The zero-order valence-corrected chi connectivity index (χ0v) is 12.3. The van der Waals surface area contributed by atoms with E-state index in [9.17, 15) is 4.79 Å². The van der Waals surface area contributed by atoms with Gasteiger partial charge in [0.05, 0.1) is 12.7 Å². The van der Waals surface area contributed by atoms with Crippen molar-refractivity contribution in [1.82, 2.24) is 10.2 Å². The van der Waals surface area contributed by atoms with Crippen LogP contribution in [0.1, 0.15) is 64.7 Å². The van der Waals surface area contributed by atoms with Crippen molar-refractivity contribution in [3.63, 3.8) is 0 Å². The Bertz CT molecular complexity index is 330. The Morgan fingerprint density at radius 1 is 1.21 bits per heavy atom. The summed E-state index contributed by atoms with van der Waals surface area (Å²) in [4.78, 5) is 14.5. The van der Waals surface area contributed by atoms with Crippen molar-refractivity contribution in [2.24, 2.45) is 11.3 Å². The third-order valence-corrected chi connectivity index (χ3v) is 5.88. The van der Waals surface area contributed by atoms with E-state index in [0.29, 0.717) is 30.0 Å². The molecule has 1 unspecified atom stereocenters. The smallest absolute Gasteiger partial charge is 0.237 e. The Morgan fingerprint density at radius 3 is 2.53 bits per heavy atom. The summed E-state index contributed by atoms with van der Waals surface area (Å²) in [5.41, 5.74) is 0.429. The molecule has 0 bridgehead atoms. The van der Waals surface area contributed by atoms with Crippen molar-refractivity contribution >= 4 is 5.91 Å². The van der Waals surface area contributed by atoms with Crippen LogP contribution in [-0.2, 0) is 4.79 Å². The van der Waals surface area contributed by atoms with E-state index < -0.39 is 0 Å². The number of hydrogen-bond donors (Lipinski definition) is 1. The van der Waals surface area contributed by atoms with E-state index in [4.69, 9.17) is 0 Å². The Labute approximate surface area is 117 Å². The van der Waals surface area contributed by atoms with E-state index in [-0.39, 0.29) is 0 Å². The molecule has 1 heterocycles. The van der Waals surface area contributed by atoms with Crippen molar-refractivity contribution in [3.8, 4) is 0 Å². The molecule has 0 aromatic rings. The predicted molar refractivity (Wildman–Crippen MR) is 76.7 cm³/mol. The molecule has 3 fully saturated rings. The highest BCUT2D eigenvalue weighted by molar-refractivity contribution is 5.80. The van der Waals surface area contributed by atoms with E-state index in [2.05, 4.69) is 17.1 Å². The van der Waals surface area contributed by atoms with Gasteiger partial charge in [0.15, 0.2) is 0 Å². The molecular formula is C16H28N2O. The van der Waals surface area contributed by atoms with Gasteiger partial charge in [0.2, 0.25) is 5.91 Å². The lowest BCUT2D eigenvalue weighted by atomic mass is 9.82. The van der Waals surface area contributed by atoms with Crippen molar-refractivity contribution in [2.75, 3.05) is 13.1 Å². The Balaban J connectivity index is 1.71. The van der Waals surface area contributed by atoms with Crippen molar-refractivity contribution in [1.29, 1.82) is 0 Å². The zero-order chi connectivity index (χ0) is 13.3. The summed E-state index contributed by atoms with van der Waals surface area (Å²) in [5, 5.41) is 3.49. The molecule has 0 aromatic carbocycles. The molecule has 2 aliphatic carbocycles. The van der Waals surface area contributed by atoms with Crippen LogP contribution in [0.2, 0.25) is 0 Å². The first kappa shape index (κ1) is 13.4. The zero-order valence-electron chi connectivity index (χ0n) is 12.3. The Kier molecular flexibility index (Phi) is 3.84. The largest absolute Gasteiger partial charge is 0.325 e. The number of carbonyl (C=O) groups excluding carboxylic acids is 1. The van der Waals surface area contributed by atoms with Crippen LogP contribution in [0.3, 0.4) is 0 Å². The molecule has 1 atom stereocenters. The van der Waals surface area contributed by atoms with Crippen molar-refractivity contribution in [2.45, 2.75) is 70.9 Å². The van der Waals surface area contributed by atoms with E-state index in [1.54, 1.807) is 0 Å². The van der Waals surface area contributed by atoms with E-state index in [1.807, 2.05) is 0 Å². The van der Waals surface area contributed by atoms with Gasteiger partial charge in [-0.1, -0.05) is 32.6 Å². The summed E-state index contributed by atoms with van der Waals surface area (Å²) in [7, 11) is 0. The fourth-order valence-electron chi connectivity index (χ4n) is 4.55. The summed E-state index contributed by atoms with van der Waals surface area (Å²) < 4.78 is 0. The molecule has 1 N–H and O–H groups in total. The lowest BCUT2D eigenvalue weighted by Crippen LogP contribution is -2.47. The van der Waals surface area contributed by atoms with Crippen LogP contribution in [0.25, 0.3) is 0 Å². The van der Waals surface area contributed by atoms with Gasteiger partial charge in [0.1, 0.15) is 0 Å². The van der Waals surface area contributed by atoms with Gasteiger partial charge in [0.25, 0.3) is 0 Å². The molecule has 108 valence electrons. The van der Waals surface area contributed by atoms with Gasteiger partial charge in [0, 0.05) is 6.54 Å². The van der Waals surface area contributed by atoms with Gasteiger partial charge in [-0.2, -0.15) is 0 Å². The highest BCUT2D eigenvalue weighted by atomic mass is 16.2. The standard InChI is InChI=1S/C16H28N2O/c1-2-16(9-5-6-10-16)12-18-14(19)11-17-15(18)13-7-3-4-8-13/h13,15,17H,2-12H2,1H3. The fourth-order valence-corrected chi connectivity index (χ4v) is 4.55. The van der Waals surface area contributed by atoms with Crippen molar-refractivity contribution < 1.29 is 4.79 Å². The van der Waals surface area contributed by atoms with E-state index in [0.717, 1.165) is 6.54 Å². The van der Waals surface area contributed by atoms with Crippen molar-refractivity contribution in [3.05, 3.63) is 0 Å². The summed E-state index contributed by atoms with van der Waals surface area (Å²) in [6.07, 6.45) is 12.3. The molecule has 1 aliphatic heterocycles. The maximum Gasteiger partial charge on any atom is 0.237 e. The molecule has 0 aromatic heterocycles. The van der Waals surface area contributed by atoms with Gasteiger partial charge in [-0.3, -0.25) is 10.1 Å². The summed E-state index contributed by atoms with van der Waals surface area (Å²) >= 11 is 0. The molecule has 3 heteroatoms. The number of nitrogens with zero attached hydrogens (tertiary/aromatic N) is 1. The molecule has 1 amide bonds. The van der Waals surface area contributed by atoms with Gasteiger partial charge in [-0.25, -0.2) is 0 Å². The molecule has 3 rings (SSSR count). The number of rotatable bonds is 4. The average molecular weight is 264 g/mol. The second-order valence-electron chi connectivity index (χ2n) is 6.95. The maximum absolute atomic E-state index is 12.3. The highest BCUT2D eigenvalue weighted by Gasteiger charge is 2.42. The Morgan fingerprint density at radius 2 is 1.89 bits per heavy atom. The van der Waals surface area contributed by atoms with E-state index in [1.165, 1.54) is 57.8 Å². The lowest BCUT2D eigenvalue weighted by molar-refractivity contribution is -0.130. The number of hydrogen-bond acceptors (Lipinski definition) is 2. The van der Waals surface area contributed by atoms with Gasteiger partial charge in [-0.15, -0.1) is 0 Å². The maximum atomic E-state index is 12.3. The summed E-state index contributed by atoms with van der Waals surface area (Å²) in [6.45, 7) is 3.89. The normalized spacial score (nSPS) is 31.5. The molecule has 19 heavy (non-hydrogen) atoms. The van der Waals surface area contributed by atoms with Crippen LogP contribution in [0.4, 0.5) is 0 Å². The summed E-state index contributed by atoms with van der Waals surface area (Å²) in [5.74, 6) is 1.05. The second-order valence-corrected chi connectivity index (χ2v) is 6.95. The monoisotopic (exact) mass is 264 g/mol. The molecular weight excluding hydrogens is 236 g/mol. The Hall–Kier alpha value is -0.570. The molecule has 3 nitrogen and oxygen atoms in total. The summed E-state index contributed by atoms with van der Waals surface area (Å²) in [6, 6.07) is 0. The quantitative estimate of drug-likeness (QED) is 0.847. The first-order valence-corrected chi connectivity index (χ1v) is 8.27. The minimum Gasteiger partial charge on any atom is -0.325 e. The third-order valence-electron chi connectivity index (χ3n) is 5.88. The molecule has 3 aliphatic rings. The third kappa shape index (κ3) is 2.54. The fraction of sp³-hybridized carbons (Fsp3) is 0.938. The van der Waals surface area contributed by atoms with Crippen LogP contribution in [0.15, 0.2) is 0 Å². The minimum atomic E-state index is 0.344. The highest BCUT2D eigenvalue weighted by Crippen LogP contribution is 2.43. The predicted octanol–water partition coefficient (Wildman–Crippen LogP) is 2.90. The van der Waals surface area contributed by atoms with Gasteiger partial charge < -0.3 is 4.90 Å². The number of nitrogens with one attached hydrogen (secondary N) is 1. The lowest BCUT2D eigenvalue weighted by Gasteiger charge is -2.37. The van der Waals surface area contributed by atoms with Crippen LogP contribution in [0, 0.1) is 11.3 Å². The van der Waals surface area contributed by atoms with Crippen LogP contribution in [-0.4, -0.2) is 30.1 Å². The van der Waals surface area contributed by atoms with Gasteiger partial charge >= 0.3 is 0 Å². The van der Waals surface area contributed by atoms with Crippen LogP contribution in [0.5, 0.6) is 0 Å². The second kappa shape index (κ2) is 5.43. The molecule has 0 radical (unpaired) electrons. The average Bonchev–Trinajstić information content (AvgIpc) is 3.13. The molecule has 0 spiro atoms. The van der Waals surface area contributed by atoms with E-state index >= 15 is 0 Å². The number of amides is 1. The minimum absolute atomic E-state index is 0.344. The van der Waals surface area contributed by atoms with Crippen LogP contribution >= 0.6 is 0 Å². The van der Waals surface area contributed by atoms with Gasteiger partial charge in [-0.05, 0) is 43.4 Å².